The maximum atomic E-state index is 13.0. The number of halogens is 6. The van der Waals surface area contributed by atoms with Crippen molar-refractivity contribution in [2.24, 2.45) is 0 Å². The van der Waals surface area contributed by atoms with E-state index in [0.29, 0.717) is 22.3 Å². The molecule has 0 aliphatic heterocycles. The lowest BCUT2D eigenvalue weighted by molar-refractivity contribution is -0.0505. The molecule has 0 unspecified atom stereocenters. The summed E-state index contributed by atoms with van der Waals surface area (Å²) in [7, 11) is -11.9. The van der Waals surface area contributed by atoms with Gasteiger partial charge in [-0.05, 0) is 59.4 Å². The van der Waals surface area contributed by atoms with Crippen LogP contribution in [-0.2, 0) is 25.7 Å². The predicted octanol–water partition coefficient (Wildman–Crippen LogP) is 7.14. The van der Waals surface area contributed by atoms with Crippen LogP contribution in [0.4, 0.5) is 26.3 Å². The molecule has 0 aliphatic carbocycles. The van der Waals surface area contributed by atoms with Crippen molar-refractivity contribution in [3.05, 3.63) is 130 Å². The van der Waals surface area contributed by atoms with E-state index in [9.17, 15) is 43.2 Å². The summed E-state index contributed by atoms with van der Waals surface area (Å²) in [6.45, 7) is 2.71. The molecule has 4 aromatic rings. The van der Waals surface area contributed by atoms with Crippen LogP contribution < -0.4 is 8.37 Å². The zero-order valence-electron chi connectivity index (χ0n) is 22.3. The first-order valence-electron chi connectivity index (χ1n) is 12.2. The van der Waals surface area contributed by atoms with Gasteiger partial charge in [-0.25, -0.2) is 0 Å². The van der Waals surface area contributed by atoms with E-state index in [1.54, 1.807) is 60.7 Å². The van der Waals surface area contributed by atoms with Gasteiger partial charge >= 0.3 is 31.3 Å². The summed E-state index contributed by atoms with van der Waals surface area (Å²) in [4.78, 5) is 0. The summed E-state index contributed by atoms with van der Waals surface area (Å²) in [5, 5.41) is 0. The highest BCUT2D eigenvalue weighted by molar-refractivity contribution is 7.88. The summed E-state index contributed by atoms with van der Waals surface area (Å²) < 4.78 is 133. The molecule has 0 aromatic heterocycles. The van der Waals surface area contributed by atoms with Crippen LogP contribution in [0.15, 0.2) is 97.1 Å². The number of hydrogen-bond acceptors (Lipinski definition) is 6. The Morgan fingerprint density at radius 3 is 1.09 bits per heavy atom. The van der Waals surface area contributed by atoms with Crippen LogP contribution in [0.25, 0.3) is 0 Å². The van der Waals surface area contributed by atoms with Gasteiger partial charge in [-0.1, -0.05) is 84.9 Å². The molecular formula is C29H22F6O6S2. The molecule has 0 radical (unpaired) electrons. The first-order chi connectivity index (χ1) is 19.9. The highest BCUT2D eigenvalue weighted by Crippen LogP contribution is 2.47. The number of rotatable bonds is 8. The summed E-state index contributed by atoms with van der Waals surface area (Å²) in [6, 6.07) is 25.2. The molecule has 0 N–H and O–H groups in total. The van der Waals surface area contributed by atoms with E-state index in [1.165, 1.54) is 38.1 Å². The molecule has 0 atom stereocenters. The lowest BCUT2D eigenvalue weighted by Crippen LogP contribution is -2.32. The zero-order valence-corrected chi connectivity index (χ0v) is 23.9. The van der Waals surface area contributed by atoms with Crippen molar-refractivity contribution >= 4 is 20.2 Å². The second-order valence-electron chi connectivity index (χ2n) is 9.41. The molecule has 43 heavy (non-hydrogen) atoms. The lowest BCUT2D eigenvalue weighted by Gasteiger charge is -2.37. The third-order valence-electron chi connectivity index (χ3n) is 6.60. The Morgan fingerprint density at radius 2 is 0.814 bits per heavy atom. The van der Waals surface area contributed by atoms with Crippen LogP contribution in [0, 0.1) is 13.8 Å². The topological polar surface area (TPSA) is 86.7 Å². The van der Waals surface area contributed by atoms with Crippen molar-refractivity contribution < 1.29 is 51.5 Å². The summed E-state index contributed by atoms with van der Waals surface area (Å²) >= 11 is 0. The Morgan fingerprint density at radius 1 is 0.488 bits per heavy atom. The molecule has 4 rings (SSSR count). The van der Waals surface area contributed by atoms with E-state index in [2.05, 4.69) is 8.37 Å². The Bertz CT molecular complexity index is 1700. The Hall–Kier alpha value is -4.04. The van der Waals surface area contributed by atoms with Crippen molar-refractivity contribution in [3.8, 4) is 11.5 Å². The molecule has 0 fully saturated rings. The van der Waals surface area contributed by atoms with Crippen molar-refractivity contribution in [2.75, 3.05) is 0 Å². The number of benzene rings is 4. The fourth-order valence-corrected chi connectivity index (χ4v) is 5.70. The number of hydrogen-bond donors (Lipinski definition) is 0. The smallest absolute Gasteiger partial charge is 0.376 e. The van der Waals surface area contributed by atoms with Crippen molar-refractivity contribution in [2.45, 2.75) is 30.3 Å². The van der Waals surface area contributed by atoms with E-state index < -0.39 is 48.2 Å². The minimum Gasteiger partial charge on any atom is -0.376 e. The van der Waals surface area contributed by atoms with E-state index in [4.69, 9.17) is 0 Å². The van der Waals surface area contributed by atoms with Crippen LogP contribution in [0.5, 0.6) is 11.5 Å². The summed E-state index contributed by atoms with van der Waals surface area (Å²) in [5.41, 5.74) is -10.4. The van der Waals surface area contributed by atoms with E-state index >= 15 is 0 Å². The van der Waals surface area contributed by atoms with Gasteiger partial charge in [-0.2, -0.15) is 43.2 Å². The van der Waals surface area contributed by atoms with Crippen LogP contribution in [0.3, 0.4) is 0 Å². The SMILES string of the molecule is Cc1cc(C(c2ccccc2)(c2ccccc2)c2ccc(OS(=O)(=O)C(F)(F)F)c(C)c2)ccc1OS(=O)(=O)C(F)(F)F. The summed E-state index contributed by atoms with van der Waals surface area (Å²) in [6.07, 6.45) is 0. The largest absolute Gasteiger partial charge is 0.534 e. The molecule has 6 nitrogen and oxygen atoms in total. The van der Waals surface area contributed by atoms with Crippen molar-refractivity contribution in [1.29, 1.82) is 0 Å². The summed E-state index contributed by atoms with van der Waals surface area (Å²) in [5.74, 6) is -1.12. The average molecular weight is 645 g/mol. The van der Waals surface area contributed by atoms with Gasteiger partial charge in [0, 0.05) is 0 Å². The van der Waals surface area contributed by atoms with Crippen LogP contribution in [-0.4, -0.2) is 27.9 Å². The molecule has 0 heterocycles. The fourth-order valence-electron chi connectivity index (χ4n) is 4.66. The lowest BCUT2D eigenvalue weighted by atomic mass is 9.64. The van der Waals surface area contributed by atoms with E-state index in [0.717, 1.165) is 12.1 Å². The van der Waals surface area contributed by atoms with Gasteiger partial charge in [0.2, 0.25) is 0 Å². The average Bonchev–Trinajstić information content (AvgIpc) is 2.92. The maximum absolute atomic E-state index is 13.0. The highest BCUT2D eigenvalue weighted by Gasteiger charge is 2.50. The van der Waals surface area contributed by atoms with Gasteiger partial charge in [-0.3, -0.25) is 0 Å². The fraction of sp³-hybridized carbons (Fsp3) is 0.172. The minimum absolute atomic E-state index is 0.0366. The molecule has 0 amide bonds. The highest BCUT2D eigenvalue weighted by atomic mass is 32.2. The number of alkyl halides is 6. The van der Waals surface area contributed by atoms with Gasteiger partial charge in [0.25, 0.3) is 0 Å². The number of aryl methyl sites for hydroxylation is 2. The van der Waals surface area contributed by atoms with Crippen LogP contribution in [0.1, 0.15) is 33.4 Å². The van der Waals surface area contributed by atoms with Gasteiger partial charge in [0.15, 0.2) is 0 Å². The standard InChI is InChI=1S/C29H22F6O6S2/c1-19-17-23(13-15-25(19)40-42(36,37)28(30,31)32)27(21-9-5-3-6-10-21,22-11-7-4-8-12-22)24-14-16-26(20(2)18-24)41-43(38,39)29(33,34)35/h3-18H,1-2H3. The van der Waals surface area contributed by atoms with Crippen LogP contribution in [0.2, 0.25) is 0 Å². The molecular weight excluding hydrogens is 622 g/mol. The molecule has 0 saturated carbocycles. The van der Waals surface area contributed by atoms with E-state index in [-0.39, 0.29) is 11.1 Å². The van der Waals surface area contributed by atoms with E-state index in [1.807, 2.05) is 0 Å². The monoisotopic (exact) mass is 644 g/mol. The normalized spacial score (nSPS) is 13.0. The van der Waals surface area contributed by atoms with Gasteiger partial charge in [-0.15, -0.1) is 0 Å². The van der Waals surface area contributed by atoms with Gasteiger partial charge in [0.05, 0.1) is 5.41 Å². The molecule has 0 bridgehead atoms. The quantitative estimate of drug-likeness (QED) is 0.0877. The first-order valence-corrected chi connectivity index (χ1v) is 15.1. The third kappa shape index (κ3) is 6.07. The Balaban J connectivity index is 1.99. The Labute approximate surface area is 243 Å². The predicted molar refractivity (Wildman–Crippen MR) is 145 cm³/mol. The van der Waals surface area contributed by atoms with Crippen molar-refractivity contribution in [3.63, 3.8) is 0 Å². The molecule has 228 valence electrons. The molecule has 0 saturated heterocycles. The maximum Gasteiger partial charge on any atom is 0.534 e. The zero-order chi connectivity index (χ0) is 31.8. The third-order valence-corrected chi connectivity index (χ3v) is 8.53. The molecule has 0 spiro atoms. The Kier molecular flexibility index (Phi) is 8.33. The van der Waals surface area contributed by atoms with Gasteiger partial charge < -0.3 is 8.37 Å². The minimum atomic E-state index is -5.96. The molecule has 14 heteroatoms. The van der Waals surface area contributed by atoms with Crippen LogP contribution >= 0.6 is 0 Å². The second-order valence-corrected chi connectivity index (χ2v) is 12.5. The van der Waals surface area contributed by atoms with Crippen molar-refractivity contribution in [1.82, 2.24) is 0 Å². The first kappa shape index (κ1) is 31.9. The second kappa shape index (κ2) is 11.2. The molecule has 4 aromatic carbocycles. The van der Waals surface area contributed by atoms with Gasteiger partial charge in [0.1, 0.15) is 11.5 Å². The molecule has 0 aliphatic rings.